The first kappa shape index (κ1) is 13.1. The zero-order chi connectivity index (χ0) is 14.1. The molecule has 1 aromatic carbocycles. The highest BCUT2D eigenvalue weighted by Gasteiger charge is 2.28. The van der Waals surface area contributed by atoms with Crippen LogP contribution in [0.3, 0.4) is 0 Å². The van der Waals surface area contributed by atoms with E-state index in [0.29, 0.717) is 27.7 Å². The number of benzene rings is 1. The van der Waals surface area contributed by atoms with Crippen molar-refractivity contribution in [1.82, 2.24) is 14.8 Å². The number of carbonyl (C=O) groups excluding carboxylic acids is 1. The Bertz CT molecular complexity index is 683. The Morgan fingerprint density at radius 3 is 2.90 bits per heavy atom. The molecular weight excluding hydrogens is 301 g/mol. The van der Waals surface area contributed by atoms with Crippen LogP contribution in [0.4, 0.5) is 0 Å². The van der Waals surface area contributed by atoms with E-state index in [1.807, 2.05) is 0 Å². The smallest absolute Gasteiger partial charge is 0.339 e. The van der Waals surface area contributed by atoms with Gasteiger partial charge in [0, 0.05) is 10.6 Å². The number of nitrogens with zero attached hydrogens (tertiary/aromatic N) is 3. The molecule has 0 bridgehead atoms. The molecule has 0 aliphatic carbocycles. The number of hydrogen-bond acceptors (Lipinski definition) is 4. The van der Waals surface area contributed by atoms with Gasteiger partial charge in [-0.2, -0.15) is 5.10 Å². The molecule has 1 unspecified atom stereocenters. The van der Waals surface area contributed by atoms with E-state index in [1.165, 1.54) is 6.33 Å². The predicted octanol–water partition coefficient (Wildman–Crippen LogP) is 2.59. The first-order chi connectivity index (χ1) is 9.63. The largest absolute Gasteiger partial charge is 0.452 e. The van der Waals surface area contributed by atoms with E-state index in [9.17, 15) is 4.79 Å². The minimum Gasteiger partial charge on any atom is -0.452 e. The van der Waals surface area contributed by atoms with Crippen LogP contribution in [-0.2, 0) is 16.1 Å². The zero-order valence-corrected chi connectivity index (χ0v) is 11.7. The minimum atomic E-state index is -0.403. The van der Waals surface area contributed by atoms with Gasteiger partial charge in [0.05, 0.1) is 17.1 Å². The van der Waals surface area contributed by atoms with Crippen LogP contribution < -0.4 is 0 Å². The third-order valence-electron chi connectivity index (χ3n) is 2.89. The molecule has 1 aliphatic heterocycles. The molecule has 5 nitrogen and oxygen atoms in total. The maximum Gasteiger partial charge on any atom is 0.339 e. The van der Waals surface area contributed by atoms with Crippen molar-refractivity contribution in [2.45, 2.75) is 12.6 Å². The Morgan fingerprint density at radius 2 is 2.20 bits per heavy atom. The molecule has 0 N–H and O–H groups in total. The number of rotatable bonds is 3. The third-order valence-corrected chi connectivity index (χ3v) is 3.43. The topological polar surface area (TPSA) is 57.0 Å². The lowest BCUT2D eigenvalue weighted by atomic mass is 10.1. The Hall–Kier alpha value is -1.85. The number of esters is 1. The fourth-order valence-electron chi connectivity index (χ4n) is 2.00. The second-order valence-electron chi connectivity index (χ2n) is 4.27. The lowest BCUT2D eigenvalue weighted by Gasteiger charge is -2.06. The minimum absolute atomic E-state index is 0.383. The predicted molar refractivity (Wildman–Crippen MR) is 74.3 cm³/mol. The molecule has 1 aliphatic rings. The number of hydrogen-bond donors (Lipinski definition) is 0. The van der Waals surface area contributed by atoms with Crippen molar-refractivity contribution in [3.05, 3.63) is 52.5 Å². The molecule has 102 valence electrons. The molecule has 1 aromatic heterocycles. The molecule has 1 atom stereocenters. The average Bonchev–Trinajstić information content (AvgIpc) is 3.00. The van der Waals surface area contributed by atoms with Crippen molar-refractivity contribution in [3.63, 3.8) is 0 Å². The fraction of sp³-hybridized carbons (Fsp3) is 0.154. The summed E-state index contributed by atoms with van der Waals surface area (Å²) in [5.74, 6) is -0.403. The summed E-state index contributed by atoms with van der Waals surface area (Å²) < 4.78 is 6.87. The van der Waals surface area contributed by atoms with Crippen LogP contribution in [0, 0.1) is 0 Å². The lowest BCUT2D eigenvalue weighted by Crippen LogP contribution is -2.16. The van der Waals surface area contributed by atoms with Crippen molar-refractivity contribution < 1.29 is 9.53 Å². The van der Waals surface area contributed by atoms with Crippen molar-refractivity contribution in [2.75, 3.05) is 0 Å². The SMILES string of the molecule is O=C1OC(Cn2cncn2)C=C1c1ccc(Cl)cc1Cl. The van der Waals surface area contributed by atoms with Crippen LogP contribution in [-0.4, -0.2) is 26.8 Å². The van der Waals surface area contributed by atoms with Gasteiger partial charge in [-0.25, -0.2) is 14.5 Å². The summed E-state index contributed by atoms with van der Waals surface area (Å²) in [6.45, 7) is 0.417. The van der Waals surface area contributed by atoms with E-state index in [2.05, 4.69) is 10.1 Å². The summed E-state index contributed by atoms with van der Waals surface area (Å²) in [7, 11) is 0. The van der Waals surface area contributed by atoms with Gasteiger partial charge in [-0.1, -0.05) is 29.3 Å². The summed E-state index contributed by atoms with van der Waals surface area (Å²) in [6.07, 6.45) is 4.34. The molecule has 0 saturated heterocycles. The van der Waals surface area contributed by atoms with Gasteiger partial charge in [0.2, 0.25) is 0 Å². The number of carbonyl (C=O) groups is 1. The fourth-order valence-corrected chi connectivity index (χ4v) is 2.51. The van der Waals surface area contributed by atoms with Gasteiger partial charge in [0.1, 0.15) is 18.8 Å². The van der Waals surface area contributed by atoms with Gasteiger partial charge in [-0.15, -0.1) is 0 Å². The molecule has 0 amide bonds. The van der Waals surface area contributed by atoms with Crippen LogP contribution >= 0.6 is 23.2 Å². The maximum atomic E-state index is 11.9. The molecule has 0 spiro atoms. The summed E-state index contributed by atoms with van der Waals surface area (Å²) in [6, 6.07) is 4.98. The first-order valence-electron chi connectivity index (χ1n) is 5.84. The van der Waals surface area contributed by atoms with Crippen LogP contribution in [0.5, 0.6) is 0 Å². The third kappa shape index (κ3) is 2.55. The molecule has 20 heavy (non-hydrogen) atoms. The van der Waals surface area contributed by atoms with E-state index in [-0.39, 0.29) is 6.10 Å². The normalized spacial score (nSPS) is 18.0. The number of cyclic esters (lactones) is 1. The molecule has 3 rings (SSSR count). The standard InChI is InChI=1S/C13H9Cl2N3O2/c14-8-1-2-10(12(15)3-8)11-4-9(20-13(11)19)5-18-7-16-6-17-18/h1-4,6-7,9H,5H2. The van der Waals surface area contributed by atoms with Gasteiger partial charge in [-0.3, -0.25) is 0 Å². The highest BCUT2D eigenvalue weighted by atomic mass is 35.5. The van der Waals surface area contributed by atoms with Crippen LogP contribution in [0.25, 0.3) is 5.57 Å². The lowest BCUT2D eigenvalue weighted by molar-refractivity contribution is -0.138. The number of ether oxygens (including phenoxy) is 1. The Kier molecular flexibility index (Phi) is 3.46. The molecule has 0 fully saturated rings. The van der Waals surface area contributed by atoms with Gasteiger partial charge in [0.25, 0.3) is 0 Å². The van der Waals surface area contributed by atoms with Gasteiger partial charge in [-0.05, 0) is 18.2 Å². The van der Waals surface area contributed by atoms with Crippen LogP contribution in [0.15, 0.2) is 36.9 Å². The molecule has 2 aromatic rings. The molecule has 0 radical (unpaired) electrons. The van der Waals surface area contributed by atoms with Crippen molar-refractivity contribution in [3.8, 4) is 0 Å². The quantitative estimate of drug-likeness (QED) is 0.818. The Balaban J connectivity index is 1.87. The monoisotopic (exact) mass is 309 g/mol. The Labute approximate surface area is 124 Å². The van der Waals surface area contributed by atoms with Crippen LogP contribution in [0.2, 0.25) is 10.0 Å². The van der Waals surface area contributed by atoms with E-state index >= 15 is 0 Å². The van der Waals surface area contributed by atoms with E-state index in [0.717, 1.165) is 0 Å². The number of aromatic nitrogens is 3. The van der Waals surface area contributed by atoms with Gasteiger partial charge < -0.3 is 4.74 Å². The van der Waals surface area contributed by atoms with E-state index in [1.54, 1.807) is 35.3 Å². The van der Waals surface area contributed by atoms with Crippen LogP contribution in [0.1, 0.15) is 5.56 Å². The molecular formula is C13H9Cl2N3O2. The second kappa shape index (κ2) is 5.26. The van der Waals surface area contributed by atoms with Crippen molar-refractivity contribution >= 4 is 34.7 Å². The first-order valence-corrected chi connectivity index (χ1v) is 6.60. The maximum absolute atomic E-state index is 11.9. The average molecular weight is 310 g/mol. The Morgan fingerprint density at radius 1 is 1.35 bits per heavy atom. The van der Waals surface area contributed by atoms with E-state index < -0.39 is 5.97 Å². The highest BCUT2D eigenvalue weighted by molar-refractivity contribution is 6.37. The molecule has 2 heterocycles. The van der Waals surface area contributed by atoms with E-state index in [4.69, 9.17) is 27.9 Å². The summed E-state index contributed by atoms with van der Waals surface area (Å²) >= 11 is 11.9. The summed E-state index contributed by atoms with van der Waals surface area (Å²) in [5, 5.41) is 4.91. The summed E-state index contributed by atoms with van der Waals surface area (Å²) in [5.41, 5.74) is 1.05. The van der Waals surface area contributed by atoms with Crippen molar-refractivity contribution in [1.29, 1.82) is 0 Å². The summed E-state index contributed by atoms with van der Waals surface area (Å²) in [4.78, 5) is 15.8. The highest BCUT2D eigenvalue weighted by Crippen LogP contribution is 2.31. The number of halogens is 2. The van der Waals surface area contributed by atoms with Gasteiger partial charge >= 0.3 is 5.97 Å². The van der Waals surface area contributed by atoms with Crippen molar-refractivity contribution in [2.24, 2.45) is 0 Å². The second-order valence-corrected chi connectivity index (χ2v) is 5.11. The zero-order valence-electron chi connectivity index (χ0n) is 10.2. The van der Waals surface area contributed by atoms with Gasteiger partial charge in [0.15, 0.2) is 0 Å². The molecule has 7 heteroatoms. The molecule has 0 saturated carbocycles.